The molecule has 0 spiro atoms. The lowest BCUT2D eigenvalue weighted by Crippen LogP contribution is -2.38. The Bertz CT molecular complexity index is 1380. The molecule has 1 N–H and O–H groups in total. The minimum atomic E-state index is -4.03. The van der Waals surface area contributed by atoms with Crippen molar-refractivity contribution in [3.8, 4) is 11.5 Å². The fraction of sp³-hybridized carbons (Fsp3) is 0.0385. The average molecular weight is 493 g/mol. The molecule has 4 rings (SSSR count). The summed E-state index contributed by atoms with van der Waals surface area (Å²) in [5, 5.41) is 3.12. The first kappa shape index (κ1) is 23.4. The summed E-state index contributed by atoms with van der Waals surface area (Å²) in [7, 11) is -4.03. The molecule has 0 aliphatic carbocycles. The second-order valence-corrected chi connectivity index (χ2v) is 9.56. The number of rotatable bonds is 8. The van der Waals surface area contributed by atoms with Crippen LogP contribution in [-0.4, -0.2) is 20.9 Å². The quantitative estimate of drug-likeness (QED) is 0.329. The maximum atomic E-state index is 13.4. The number of hydrogen-bond acceptors (Lipinski definition) is 4. The molecule has 8 heteroatoms. The van der Waals surface area contributed by atoms with Crippen LogP contribution in [-0.2, 0) is 14.8 Å². The van der Waals surface area contributed by atoms with E-state index in [4.69, 9.17) is 16.3 Å². The van der Waals surface area contributed by atoms with Crippen LogP contribution in [0.15, 0.2) is 114 Å². The van der Waals surface area contributed by atoms with E-state index >= 15 is 0 Å². The molecular weight excluding hydrogens is 472 g/mol. The van der Waals surface area contributed by atoms with Gasteiger partial charge < -0.3 is 10.1 Å². The van der Waals surface area contributed by atoms with Crippen LogP contribution in [0.25, 0.3) is 0 Å². The zero-order valence-corrected chi connectivity index (χ0v) is 19.5. The second kappa shape index (κ2) is 10.4. The van der Waals surface area contributed by atoms with Gasteiger partial charge in [-0.3, -0.25) is 9.10 Å². The Morgan fingerprint density at radius 1 is 0.824 bits per heavy atom. The average Bonchev–Trinajstić information content (AvgIpc) is 2.85. The van der Waals surface area contributed by atoms with Crippen LogP contribution in [0.4, 0.5) is 11.4 Å². The number of carbonyl (C=O) groups is 1. The molecule has 4 aromatic rings. The molecule has 0 radical (unpaired) electrons. The number of halogens is 1. The summed E-state index contributed by atoms with van der Waals surface area (Å²) in [6, 6.07) is 30.4. The number of nitrogens with zero attached hydrogens (tertiary/aromatic N) is 1. The molecule has 0 fully saturated rings. The maximum Gasteiger partial charge on any atom is 0.264 e. The molecule has 0 aliphatic heterocycles. The summed E-state index contributed by atoms with van der Waals surface area (Å²) in [5.74, 6) is 0.502. The van der Waals surface area contributed by atoms with Gasteiger partial charge in [0.1, 0.15) is 12.3 Å². The maximum absolute atomic E-state index is 13.4. The second-order valence-electron chi connectivity index (χ2n) is 7.26. The molecule has 0 aliphatic rings. The van der Waals surface area contributed by atoms with Crippen molar-refractivity contribution in [3.05, 3.63) is 114 Å². The molecule has 0 saturated carbocycles. The number of para-hydroxylation sites is 3. The molecule has 0 aromatic heterocycles. The fourth-order valence-corrected chi connectivity index (χ4v) is 4.88. The van der Waals surface area contributed by atoms with Crippen LogP contribution in [0.5, 0.6) is 11.5 Å². The van der Waals surface area contributed by atoms with Gasteiger partial charge in [0.2, 0.25) is 5.91 Å². The number of benzene rings is 4. The molecule has 0 bridgehead atoms. The smallest absolute Gasteiger partial charge is 0.264 e. The van der Waals surface area contributed by atoms with E-state index in [0.717, 1.165) is 4.31 Å². The molecule has 4 aromatic carbocycles. The zero-order chi connectivity index (χ0) is 24.0. The van der Waals surface area contributed by atoms with Crippen molar-refractivity contribution in [3.63, 3.8) is 0 Å². The van der Waals surface area contributed by atoms with Crippen molar-refractivity contribution in [2.75, 3.05) is 16.2 Å². The fourth-order valence-electron chi connectivity index (χ4n) is 3.26. The number of sulfonamides is 1. The lowest BCUT2D eigenvalue weighted by atomic mass is 10.2. The highest BCUT2D eigenvalue weighted by Crippen LogP contribution is 2.30. The van der Waals surface area contributed by atoms with E-state index in [0.29, 0.717) is 22.2 Å². The van der Waals surface area contributed by atoms with E-state index in [1.807, 2.05) is 18.2 Å². The first-order chi connectivity index (χ1) is 16.4. The lowest BCUT2D eigenvalue weighted by Gasteiger charge is -2.24. The van der Waals surface area contributed by atoms with Gasteiger partial charge in [0.05, 0.1) is 16.3 Å². The molecule has 0 heterocycles. The summed E-state index contributed by atoms with van der Waals surface area (Å²) >= 11 is 6.11. The third-order valence-corrected chi connectivity index (χ3v) is 6.87. The van der Waals surface area contributed by atoms with Crippen molar-refractivity contribution >= 4 is 38.9 Å². The Labute approximate surface area is 203 Å². The van der Waals surface area contributed by atoms with Crippen molar-refractivity contribution in [2.45, 2.75) is 4.90 Å². The Morgan fingerprint density at radius 2 is 1.47 bits per heavy atom. The standard InChI is InChI=1S/C26H21ClN2O4S/c27-20-10-9-11-21(18-20)29(34(31,32)23-14-5-2-6-15-23)19-26(30)28-24-16-7-8-17-25(24)33-22-12-3-1-4-13-22/h1-18H,19H2,(H,28,30). The largest absolute Gasteiger partial charge is 0.455 e. The predicted molar refractivity (Wildman–Crippen MR) is 134 cm³/mol. The predicted octanol–water partition coefficient (Wildman–Crippen LogP) is 5.97. The van der Waals surface area contributed by atoms with Crippen LogP contribution in [0.1, 0.15) is 0 Å². The zero-order valence-electron chi connectivity index (χ0n) is 18.0. The summed E-state index contributed by atoms with van der Waals surface area (Å²) in [6.45, 7) is -0.461. The number of amides is 1. The third-order valence-electron chi connectivity index (χ3n) is 4.85. The highest BCUT2D eigenvalue weighted by Gasteiger charge is 2.27. The topological polar surface area (TPSA) is 75.7 Å². The van der Waals surface area contributed by atoms with Gasteiger partial charge in [0.25, 0.3) is 10.0 Å². The van der Waals surface area contributed by atoms with E-state index in [1.54, 1.807) is 72.8 Å². The summed E-state index contributed by atoms with van der Waals surface area (Å²) in [5.41, 5.74) is 0.694. The Morgan fingerprint density at radius 3 is 2.18 bits per heavy atom. The van der Waals surface area contributed by atoms with Gasteiger partial charge in [0, 0.05) is 5.02 Å². The van der Waals surface area contributed by atoms with Gasteiger partial charge >= 0.3 is 0 Å². The molecule has 34 heavy (non-hydrogen) atoms. The van der Waals surface area contributed by atoms with Crippen molar-refractivity contribution in [2.24, 2.45) is 0 Å². The molecular formula is C26H21ClN2O4S. The van der Waals surface area contributed by atoms with Crippen LogP contribution >= 0.6 is 11.6 Å². The monoisotopic (exact) mass is 492 g/mol. The third kappa shape index (κ3) is 5.57. The molecule has 0 saturated heterocycles. The van der Waals surface area contributed by atoms with E-state index in [1.165, 1.54) is 18.2 Å². The molecule has 0 unspecified atom stereocenters. The number of hydrogen-bond donors (Lipinski definition) is 1. The molecule has 1 amide bonds. The Balaban J connectivity index is 1.61. The first-order valence-corrected chi connectivity index (χ1v) is 12.2. The van der Waals surface area contributed by atoms with Gasteiger partial charge in [-0.15, -0.1) is 0 Å². The van der Waals surface area contributed by atoms with Crippen molar-refractivity contribution in [1.29, 1.82) is 0 Å². The molecule has 6 nitrogen and oxygen atoms in total. The molecule has 172 valence electrons. The van der Waals surface area contributed by atoms with Crippen molar-refractivity contribution < 1.29 is 17.9 Å². The first-order valence-electron chi connectivity index (χ1n) is 10.4. The number of anilines is 2. The Kier molecular flexibility index (Phi) is 7.15. The van der Waals surface area contributed by atoms with Crippen LogP contribution < -0.4 is 14.4 Å². The number of nitrogens with one attached hydrogen (secondary N) is 1. The minimum Gasteiger partial charge on any atom is -0.455 e. The van der Waals surface area contributed by atoms with E-state index < -0.39 is 22.5 Å². The van der Waals surface area contributed by atoms with Crippen LogP contribution in [0.2, 0.25) is 5.02 Å². The summed E-state index contributed by atoms with van der Waals surface area (Å²) in [6.07, 6.45) is 0. The highest BCUT2D eigenvalue weighted by atomic mass is 35.5. The number of carbonyl (C=O) groups excluding carboxylic acids is 1. The van der Waals surface area contributed by atoms with E-state index in [-0.39, 0.29) is 10.6 Å². The van der Waals surface area contributed by atoms with Gasteiger partial charge in [-0.05, 0) is 54.6 Å². The SMILES string of the molecule is O=C(CN(c1cccc(Cl)c1)S(=O)(=O)c1ccccc1)Nc1ccccc1Oc1ccccc1. The van der Waals surface area contributed by atoms with Gasteiger partial charge in [-0.2, -0.15) is 0 Å². The summed E-state index contributed by atoms with van der Waals surface area (Å²) < 4.78 is 33.8. The van der Waals surface area contributed by atoms with Crippen LogP contribution in [0.3, 0.4) is 0 Å². The lowest BCUT2D eigenvalue weighted by molar-refractivity contribution is -0.114. The van der Waals surface area contributed by atoms with Crippen LogP contribution in [0, 0.1) is 0 Å². The van der Waals surface area contributed by atoms with E-state index in [2.05, 4.69) is 5.32 Å². The molecule has 0 atom stereocenters. The normalized spacial score (nSPS) is 11.0. The highest BCUT2D eigenvalue weighted by molar-refractivity contribution is 7.92. The minimum absolute atomic E-state index is 0.0654. The van der Waals surface area contributed by atoms with Gasteiger partial charge in [-0.1, -0.05) is 66.2 Å². The summed E-state index contributed by atoms with van der Waals surface area (Å²) in [4.78, 5) is 13.1. The van der Waals surface area contributed by atoms with Crippen molar-refractivity contribution in [1.82, 2.24) is 0 Å². The Hall–Kier alpha value is -3.81. The van der Waals surface area contributed by atoms with E-state index in [9.17, 15) is 13.2 Å². The number of ether oxygens (including phenoxy) is 1. The van der Waals surface area contributed by atoms with Gasteiger partial charge in [0.15, 0.2) is 5.75 Å². The van der Waals surface area contributed by atoms with Gasteiger partial charge in [-0.25, -0.2) is 8.42 Å².